The normalized spacial score (nSPS) is 27.0. The molecule has 2 heterocycles. The number of amides is 4. The van der Waals surface area contributed by atoms with E-state index in [4.69, 9.17) is 14.2 Å². The van der Waals surface area contributed by atoms with Crippen molar-refractivity contribution in [2.75, 3.05) is 20.7 Å². The van der Waals surface area contributed by atoms with Gasteiger partial charge >= 0.3 is 11.9 Å². The third-order valence-electron chi connectivity index (χ3n) is 10.1. The molecule has 4 amide bonds. The third kappa shape index (κ3) is 11.7. The van der Waals surface area contributed by atoms with Crippen LogP contribution in [-0.4, -0.2) is 102 Å². The van der Waals surface area contributed by atoms with E-state index in [0.29, 0.717) is 31.6 Å². The summed E-state index contributed by atoms with van der Waals surface area (Å²) in [6.07, 6.45) is 0.232. The number of benzene rings is 1. The number of hydrogen-bond donors (Lipinski definition) is 2. The average molecular weight is 729 g/mol. The van der Waals surface area contributed by atoms with Gasteiger partial charge in [0.15, 0.2) is 6.10 Å². The lowest BCUT2D eigenvalue weighted by molar-refractivity contribution is -0.160. The first-order valence-corrected chi connectivity index (χ1v) is 18.8. The lowest BCUT2D eigenvalue weighted by Gasteiger charge is -2.34. The van der Waals surface area contributed by atoms with Crippen LogP contribution in [0.1, 0.15) is 99.0 Å². The van der Waals surface area contributed by atoms with Crippen LogP contribution in [0.4, 0.5) is 0 Å². The zero-order valence-electron chi connectivity index (χ0n) is 32.4. The molecule has 0 aromatic heterocycles. The molecule has 13 heteroatoms. The van der Waals surface area contributed by atoms with Crippen molar-refractivity contribution in [1.29, 1.82) is 0 Å². The highest BCUT2D eigenvalue weighted by atomic mass is 16.6. The van der Waals surface area contributed by atoms with Crippen LogP contribution < -0.4 is 15.4 Å². The lowest BCUT2D eigenvalue weighted by Crippen LogP contribution is -2.57. The highest BCUT2D eigenvalue weighted by Gasteiger charge is 2.42. The number of carbonyl (C=O) groups is 6. The topological polar surface area (TPSA) is 161 Å². The Balaban J connectivity index is 2.03. The van der Waals surface area contributed by atoms with Gasteiger partial charge < -0.3 is 34.6 Å². The Bertz CT molecular complexity index is 1400. The molecule has 0 spiro atoms. The van der Waals surface area contributed by atoms with Gasteiger partial charge in [-0.15, -0.1) is 0 Å². The van der Waals surface area contributed by atoms with Gasteiger partial charge in [-0.1, -0.05) is 60.1 Å². The molecule has 0 aliphatic carbocycles. The minimum Gasteiger partial charge on any atom is -0.497 e. The van der Waals surface area contributed by atoms with Gasteiger partial charge in [0.2, 0.25) is 17.7 Å². The first kappa shape index (κ1) is 42.3. The Kier molecular flexibility index (Phi) is 15.9. The Morgan fingerprint density at radius 3 is 2.19 bits per heavy atom. The molecule has 2 N–H and O–H groups in total. The van der Waals surface area contributed by atoms with Crippen molar-refractivity contribution in [3.63, 3.8) is 0 Å². The molecule has 52 heavy (non-hydrogen) atoms. The van der Waals surface area contributed by atoms with Gasteiger partial charge in [0.05, 0.1) is 13.5 Å². The average Bonchev–Trinajstić information content (AvgIpc) is 3.59. The maximum absolute atomic E-state index is 14.3. The van der Waals surface area contributed by atoms with Crippen LogP contribution in [0.3, 0.4) is 0 Å². The summed E-state index contributed by atoms with van der Waals surface area (Å²) in [5, 5.41) is 5.85. The van der Waals surface area contributed by atoms with E-state index in [9.17, 15) is 28.8 Å². The van der Waals surface area contributed by atoms with E-state index in [0.717, 1.165) is 12.0 Å². The molecule has 13 nitrogen and oxygen atoms in total. The highest BCUT2D eigenvalue weighted by Crippen LogP contribution is 2.25. The molecule has 0 saturated carbocycles. The number of esters is 2. The van der Waals surface area contributed by atoms with Crippen molar-refractivity contribution in [2.45, 2.75) is 136 Å². The molecule has 1 aromatic rings. The Morgan fingerprint density at radius 2 is 1.60 bits per heavy atom. The molecular weight excluding hydrogens is 668 g/mol. The third-order valence-corrected chi connectivity index (χ3v) is 10.1. The maximum Gasteiger partial charge on any atom is 0.329 e. The summed E-state index contributed by atoms with van der Waals surface area (Å²) >= 11 is 0. The van der Waals surface area contributed by atoms with E-state index in [2.05, 4.69) is 10.6 Å². The van der Waals surface area contributed by atoms with Crippen LogP contribution in [0.15, 0.2) is 24.3 Å². The molecule has 2 aliphatic rings. The number of likely N-dealkylation sites (N-methyl/N-ethyl adjacent to an activating group) is 1. The van der Waals surface area contributed by atoms with Crippen molar-refractivity contribution in [2.24, 2.45) is 17.8 Å². The summed E-state index contributed by atoms with van der Waals surface area (Å²) in [6.45, 7) is 13.3. The summed E-state index contributed by atoms with van der Waals surface area (Å²) in [7, 11) is 3.08. The molecule has 2 saturated heterocycles. The number of carbonyl (C=O) groups excluding carboxylic acids is 6. The van der Waals surface area contributed by atoms with E-state index in [-0.39, 0.29) is 55.4 Å². The molecule has 0 radical (unpaired) electrons. The van der Waals surface area contributed by atoms with Crippen LogP contribution in [0.2, 0.25) is 0 Å². The fourth-order valence-electron chi connectivity index (χ4n) is 6.78. The van der Waals surface area contributed by atoms with Crippen molar-refractivity contribution in [3.05, 3.63) is 29.8 Å². The zero-order chi connectivity index (χ0) is 38.7. The number of methoxy groups -OCH3 is 1. The first-order valence-electron chi connectivity index (χ1n) is 18.8. The maximum atomic E-state index is 14.3. The molecule has 3 rings (SSSR count). The van der Waals surface area contributed by atoms with Crippen molar-refractivity contribution in [1.82, 2.24) is 20.4 Å². The monoisotopic (exact) mass is 728 g/mol. The molecule has 2 fully saturated rings. The van der Waals surface area contributed by atoms with Crippen LogP contribution in [0.5, 0.6) is 5.75 Å². The van der Waals surface area contributed by atoms with Crippen LogP contribution in [0.25, 0.3) is 0 Å². The van der Waals surface area contributed by atoms with Gasteiger partial charge in [0.1, 0.15) is 30.0 Å². The number of ether oxygens (including phenoxy) is 3. The summed E-state index contributed by atoms with van der Waals surface area (Å²) in [4.78, 5) is 85.2. The number of fused-ring (bicyclic) bond motifs is 1. The molecule has 1 aromatic carbocycles. The summed E-state index contributed by atoms with van der Waals surface area (Å²) < 4.78 is 16.8. The van der Waals surface area contributed by atoms with Crippen LogP contribution in [0, 0.1) is 17.8 Å². The van der Waals surface area contributed by atoms with E-state index in [1.165, 1.54) is 16.8 Å². The fraction of sp³-hybridized carbons (Fsp3) is 0.692. The summed E-state index contributed by atoms with van der Waals surface area (Å²) in [5.74, 6) is -2.77. The number of nitrogens with one attached hydrogen (secondary N) is 2. The van der Waals surface area contributed by atoms with Gasteiger partial charge in [0, 0.05) is 32.5 Å². The van der Waals surface area contributed by atoms with Gasteiger partial charge in [-0.2, -0.15) is 0 Å². The van der Waals surface area contributed by atoms with Crippen molar-refractivity contribution < 1.29 is 43.0 Å². The van der Waals surface area contributed by atoms with E-state index in [1.807, 2.05) is 27.7 Å². The Labute approximate surface area is 308 Å². The quantitative estimate of drug-likeness (QED) is 0.380. The second kappa shape index (κ2) is 19.6. The predicted octanol–water partition coefficient (Wildman–Crippen LogP) is 3.80. The van der Waals surface area contributed by atoms with Gasteiger partial charge in [-0.3, -0.25) is 24.0 Å². The Hall–Kier alpha value is -4.16. The molecule has 2 aliphatic heterocycles. The van der Waals surface area contributed by atoms with E-state index < -0.39 is 60.0 Å². The summed E-state index contributed by atoms with van der Waals surface area (Å²) in [6, 6.07) is 3.86. The number of cyclic esters (lactones) is 2. The molecule has 290 valence electrons. The molecule has 0 bridgehead atoms. The number of nitrogens with zero attached hydrogens (tertiary/aromatic N) is 2. The predicted molar refractivity (Wildman–Crippen MR) is 195 cm³/mol. The molecule has 0 unspecified atom stereocenters. The fourth-order valence-corrected chi connectivity index (χ4v) is 6.78. The largest absolute Gasteiger partial charge is 0.497 e. The summed E-state index contributed by atoms with van der Waals surface area (Å²) in [5.41, 5.74) is 0.755. The smallest absolute Gasteiger partial charge is 0.329 e. The second-order valence-corrected chi connectivity index (χ2v) is 15.1. The molecule has 7 atom stereocenters. The van der Waals surface area contributed by atoms with Crippen LogP contribution >= 0.6 is 0 Å². The second-order valence-electron chi connectivity index (χ2n) is 15.1. The lowest BCUT2D eigenvalue weighted by atomic mass is 9.94. The van der Waals surface area contributed by atoms with Gasteiger partial charge in [0.25, 0.3) is 5.91 Å². The van der Waals surface area contributed by atoms with Crippen LogP contribution in [-0.2, 0) is 44.7 Å². The SMILES string of the molecule is CC[C@H](C)[C@@H]1CCC(=O)O[C@@H](C(C)C)C(=O)N[C@@H](CC(C)C)C(=O)N2CCC[C@H]2C(=O)N(C)[C@@H](Cc2ccc(OC)cc2)C(=O)O[C@H](C)CC(=O)N1. The molecular formula is C39H60N4O9. The Morgan fingerprint density at radius 1 is 0.923 bits per heavy atom. The van der Waals surface area contributed by atoms with E-state index >= 15 is 0 Å². The van der Waals surface area contributed by atoms with Gasteiger partial charge in [-0.25, -0.2) is 4.79 Å². The van der Waals surface area contributed by atoms with Gasteiger partial charge in [-0.05, 0) is 68.1 Å². The number of rotatable bonds is 8. The zero-order valence-corrected chi connectivity index (χ0v) is 32.4. The minimum absolute atomic E-state index is 0.0153. The number of hydrogen-bond acceptors (Lipinski definition) is 9. The minimum atomic E-state index is -1.15. The highest BCUT2D eigenvalue weighted by molar-refractivity contribution is 5.95. The van der Waals surface area contributed by atoms with E-state index in [1.54, 1.807) is 52.1 Å². The standard InChI is InChI=1S/C39H60N4O9/c1-10-25(6)29-17-18-34(45)52-35(24(4)5)36(46)41-30(20-23(2)3)37(47)43-19-11-12-31(43)38(48)42(8)32(22-27-13-15-28(50-9)16-14-27)39(49)51-26(7)21-33(44)40-29/h13-16,23-26,29-32,35H,10-12,17-22H2,1-9H3,(H,40,44)(H,41,46)/t25-,26+,29-,30-,31-,32-,35-/m0/s1. The first-order chi connectivity index (χ1) is 24.6. The van der Waals surface area contributed by atoms with Crippen molar-refractivity contribution >= 4 is 35.6 Å². The van der Waals surface area contributed by atoms with Crippen molar-refractivity contribution in [3.8, 4) is 5.75 Å².